The second-order valence-corrected chi connectivity index (χ2v) is 13.2. The smallest absolute Gasteiger partial charge is 0.330 e. The van der Waals surface area contributed by atoms with Crippen LogP contribution in [-0.2, 0) is 47.5 Å². The minimum atomic E-state index is -0.956. The van der Waals surface area contributed by atoms with Gasteiger partial charge in [0.05, 0.1) is 0 Å². The van der Waals surface area contributed by atoms with E-state index in [-0.39, 0.29) is 26.1 Å². The molecule has 0 radical (unpaired) electrons. The van der Waals surface area contributed by atoms with Crippen molar-refractivity contribution in [1.29, 1.82) is 0 Å². The number of nitrogens with one attached hydrogen (secondary N) is 2. The number of H-pyrrole nitrogens is 2. The van der Waals surface area contributed by atoms with E-state index in [9.17, 15) is 28.8 Å². The van der Waals surface area contributed by atoms with Gasteiger partial charge in [0, 0.05) is 37.4 Å². The Bertz CT molecular complexity index is 1650. The number of carbonyl (C=O) groups excluding carboxylic acids is 2. The fourth-order valence-electron chi connectivity index (χ4n) is 6.50. The van der Waals surface area contributed by atoms with Gasteiger partial charge in [0.1, 0.15) is 49.8 Å². The Labute approximate surface area is 278 Å². The van der Waals surface area contributed by atoms with Gasteiger partial charge in [-0.2, -0.15) is 0 Å². The molecule has 0 saturated carbocycles. The molecule has 0 spiro atoms. The van der Waals surface area contributed by atoms with Crippen LogP contribution in [0.25, 0.3) is 0 Å². The van der Waals surface area contributed by atoms with Crippen LogP contribution in [-0.4, -0.2) is 92.5 Å². The number of rotatable bonds is 12. The van der Waals surface area contributed by atoms with Gasteiger partial charge in [-0.1, -0.05) is 6.42 Å². The van der Waals surface area contributed by atoms with Crippen molar-refractivity contribution >= 4 is 11.9 Å². The van der Waals surface area contributed by atoms with Crippen molar-refractivity contribution in [2.75, 3.05) is 13.2 Å². The Hall–Kier alpha value is -3.94. The van der Waals surface area contributed by atoms with E-state index < -0.39 is 95.1 Å². The summed E-state index contributed by atoms with van der Waals surface area (Å²) in [6.45, 7) is 6.64. The predicted molar refractivity (Wildman–Crippen MR) is 163 cm³/mol. The van der Waals surface area contributed by atoms with E-state index in [1.807, 2.05) is 0 Å². The molecule has 18 heteroatoms. The Morgan fingerprint density at radius 2 is 1.04 bits per heavy atom. The zero-order valence-corrected chi connectivity index (χ0v) is 27.5. The summed E-state index contributed by atoms with van der Waals surface area (Å²) in [6, 6.07) is 2.40. The van der Waals surface area contributed by atoms with Crippen molar-refractivity contribution in [3.8, 4) is 0 Å². The lowest BCUT2D eigenvalue weighted by Crippen LogP contribution is -2.37. The van der Waals surface area contributed by atoms with Crippen LogP contribution in [0, 0.1) is 0 Å². The summed E-state index contributed by atoms with van der Waals surface area (Å²) in [5, 5.41) is 0. The van der Waals surface area contributed by atoms with E-state index in [4.69, 9.17) is 37.9 Å². The highest BCUT2D eigenvalue weighted by molar-refractivity contribution is 5.70. The maximum atomic E-state index is 12.5. The fraction of sp³-hybridized carbons (Fsp3) is 0.677. The van der Waals surface area contributed by atoms with Crippen molar-refractivity contribution < 1.29 is 47.5 Å². The van der Waals surface area contributed by atoms with Crippen molar-refractivity contribution in [2.24, 2.45) is 0 Å². The van der Waals surface area contributed by atoms with E-state index in [2.05, 4.69) is 9.97 Å². The van der Waals surface area contributed by atoms with Crippen LogP contribution in [0.3, 0.4) is 0 Å². The molecule has 6 rings (SSSR count). The summed E-state index contributed by atoms with van der Waals surface area (Å²) < 4.78 is 49.2. The van der Waals surface area contributed by atoms with Gasteiger partial charge in [0.2, 0.25) is 0 Å². The Kier molecular flexibility index (Phi) is 9.80. The first-order chi connectivity index (χ1) is 23.2. The maximum absolute atomic E-state index is 12.5. The first-order valence-electron chi connectivity index (χ1n) is 16.2. The molecule has 0 bridgehead atoms. The van der Waals surface area contributed by atoms with Crippen LogP contribution < -0.4 is 22.5 Å². The monoisotopic (exact) mass is 692 g/mol. The summed E-state index contributed by atoms with van der Waals surface area (Å²) in [7, 11) is 0. The summed E-state index contributed by atoms with van der Waals surface area (Å²) in [5.41, 5.74) is -2.42. The van der Waals surface area contributed by atoms with E-state index >= 15 is 0 Å². The van der Waals surface area contributed by atoms with Crippen LogP contribution >= 0.6 is 0 Å². The number of unbranched alkanes of at least 4 members (excludes halogenated alkanes) is 2. The fourth-order valence-corrected chi connectivity index (χ4v) is 6.50. The molecule has 4 aliphatic rings. The molecule has 4 aliphatic heterocycles. The second-order valence-electron chi connectivity index (χ2n) is 13.2. The van der Waals surface area contributed by atoms with E-state index in [0.29, 0.717) is 19.3 Å². The standard InChI is InChI=1S/C31H40N4O14/c1-30(2)46-22-16(44-26(24(22)48-30)34-12-10-18(36)32-28(34)40)14-42-20(38)8-6-5-7-9-21(39)43-15-17-23-25(49-31(3,4)47-23)27(45-17)35-13-11-19(37)33-29(35)41/h10-13,16-17,22-27H,5-9,14-15H2,1-4H3,(H,32,36,40)(H,33,37,41). The highest BCUT2D eigenvalue weighted by Crippen LogP contribution is 2.43. The molecule has 0 aromatic carbocycles. The zero-order chi connectivity index (χ0) is 35.1. The van der Waals surface area contributed by atoms with Gasteiger partial charge in [-0.25, -0.2) is 9.59 Å². The molecule has 268 valence electrons. The highest BCUT2D eigenvalue weighted by Gasteiger charge is 2.57. The third kappa shape index (κ3) is 7.79. The average molecular weight is 693 g/mol. The SMILES string of the molecule is CC1(C)OC2C(COC(=O)CCCCCC(=O)OCC3OC(n4ccc(=O)[nH]c4=O)C4OC(C)(C)OC34)OC(n3ccc(=O)[nH]c3=O)C2O1. The van der Waals surface area contributed by atoms with E-state index in [1.165, 1.54) is 33.7 Å². The lowest BCUT2D eigenvalue weighted by Gasteiger charge is -2.24. The van der Waals surface area contributed by atoms with Gasteiger partial charge in [-0.05, 0) is 40.5 Å². The minimum Gasteiger partial charge on any atom is -0.463 e. The van der Waals surface area contributed by atoms with E-state index in [1.54, 1.807) is 27.7 Å². The molecule has 2 N–H and O–H groups in total. The Morgan fingerprint density at radius 3 is 1.43 bits per heavy atom. The van der Waals surface area contributed by atoms with E-state index in [0.717, 1.165) is 0 Å². The van der Waals surface area contributed by atoms with Crippen molar-refractivity contribution in [1.82, 2.24) is 19.1 Å². The average Bonchev–Trinajstić information content (AvgIpc) is 3.71. The first kappa shape index (κ1) is 34.9. The third-order valence-corrected chi connectivity index (χ3v) is 8.58. The lowest BCUT2D eigenvalue weighted by molar-refractivity contribution is -0.203. The quantitative estimate of drug-likeness (QED) is 0.220. The number of aromatic amines is 2. The number of aromatic nitrogens is 4. The summed E-state index contributed by atoms with van der Waals surface area (Å²) in [5.74, 6) is -2.83. The molecule has 4 saturated heterocycles. The molecule has 8 atom stereocenters. The first-order valence-corrected chi connectivity index (χ1v) is 16.2. The molecule has 0 amide bonds. The van der Waals surface area contributed by atoms with Gasteiger partial charge in [-0.3, -0.25) is 38.3 Å². The normalized spacial score (nSPS) is 30.9. The third-order valence-electron chi connectivity index (χ3n) is 8.58. The van der Waals surface area contributed by atoms with Gasteiger partial charge in [0.15, 0.2) is 24.0 Å². The second kappa shape index (κ2) is 13.8. The van der Waals surface area contributed by atoms with Crippen molar-refractivity contribution in [3.05, 3.63) is 66.2 Å². The number of carbonyl (C=O) groups is 2. The number of hydrogen-bond acceptors (Lipinski definition) is 14. The maximum Gasteiger partial charge on any atom is 0.330 e. The largest absolute Gasteiger partial charge is 0.463 e. The zero-order valence-electron chi connectivity index (χ0n) is 27.5. The van der Waals surface area contributed by atoms with Crippen LogP contribution in [0.5, 0.6) is 0 Å². The summed E-state index contributed by atoms with van der Waals surface area (Å²) >= 11 is 0. The summed E-state index contributed by atoms with van der Waals surface area (Å²) in [6.07, 6.45) is -1.44. The van der Waals surface area contributed by atoms with Crippen LogP contribution in [0.2, 0.25) is 0 Å². The van der Waals surface area contributed by atoms with Crippen LogP contribution in [0.1, 0.15) is 72.3 Å². The van der Waals surface area contributed by atoms with Gasteiger partial charge in [0.25, 0.3) is 11.1 Å². The molecule has 4 fully saturated rings. The molecule has 8 unspecified atom stereocenters. The molecule has 2 aromatic rings. The Morgan fingerprint density at radius 1 is 0.653 bits per heavy atom. The lowest BCUT2D eigenvalue weighted by atomic mass is 10.1. The number of esters is 2. The molecule has 18 nitrogen and oxygen atoms in total. The number of ether oxygens (including phenoxy) is 8. The molecular formula is C31H40N4O14. The van der Waals surface area contributed by atoms with Gasteiger partial charge in [-0.15, -0.1) is 0 Å². The van der Waals surface area contributed by atoms with Crippen molar-refractivity contribution in [2.45, 2.75) is 120 Å². The topological polar surface area (TPSA) is 218 Å². The van der Waals surface area contributed by atoms with Gasteiger partial charge < -0.3 is 37.9 Å². The van der Waals surface area contributed by atoms with Gasteiger partial charge >= 0.3 is 23.3 Å². The van der Waals surface area contributed by atoms with Crippen LogP contribution in [0.15, 0.2) is 43.7 Å². The van der Waals surface area contributed by atoms with Crippen LogP contribution in [0.4, 0.5) is 0 Å². The Balaban J connectivity index is 0.916. The molecule has 6 heterocycles. The number of nitrogens with zero attached hydrogens (tertiary/aromatic N) is 2. The number of fused-ring (bicyclic) bond motifs is 2. The molecular weight excluding hydrogens is 652 g/mol. The molecule has 49 heavy (non-hydrogen) atoms. The molecule has 0 aliphatic carbocycles. The van der Waals surface area contributed by atoms with Crippen molar-refractivity contribution in [3.63, 3.8) is 0 Å². The summed E-state index contributed by atoms with van der Waals surface area (Å²) in [4.78, 5) is 77.2. The molecule has 2 aromatic heterocycles. The predicted octanol–water partition coefficient (Wildman–Crippen LogP) is -0.0413. The minimum absolute atomic E-state index is 0.110. The highest BCUT2D eigenvalue weighted by atomic mass is 16.8. The number of hydrogen-bond donors (Lipinski definition) is 2.